The largest absolute Gasteiger partial charge is 0.378 e. The minimum absolute atomic E-state index is 0.0230. The number of nitrogens with zero attached hydrogens (tertiary/aromatic N) is 6. The van der Waals surface area contributed by atoms with Crippen LogP contribution in [0, 0.1) is 24.0 Å². The molecule has 0 spiro atoms. The zero-order chi connectivity index (χ0) is 23.2. The van der Waals surface area contributed by atoms with Crippen LogP contribution < -0.4 is 15.6 Å². The third kappa shape index (κ3) is 5.77. The summed E-state index contributed by atoms with van der Waals surface area (Å²) in [5.74, 6) is 1.19. The number of hydrogen-bond acceptors (Lipinski definition) is 10. The van der Waals surface area contributed by atoms with Gasteiger partial charge in [-0.2, -0.15) is 20.1 Å². The Morgan fingerprint density at radius 2 is 1.79 bits per heavy atom. The summed E-state index contributed by atoms with van der Waals surface area (Å²) in [6.45, 7) is 6.60. The Kier molecular flexibility index (Phi) is 6.69. The topological polar surface area (TPSA) is 131 Å². The van der Waals surface area contributed by atoms with Crippen molar-refractivity contribution in [3.8, 4) is 0 Å². The van der Waals surface area contributed by atoms with Gasteiger partial charge in [-0.3, -0.25) is 10.1 Å². The van der Waals surface area contributed by atoms with Crippen molar-refractivity contribution in [2.24, 2.45) is 5.10 Å². The summed E-state index contributed by atoms with van der Waals surface area (Å²) in [7, 11) is 0. The molecule has 1 fully saturated rings. The van der Waals surface area contributed by atoms with Gasteiger partial charge in [0.2, 0.25) is 17.8 Å². The minimum atomic E-state index is -0.443. The van der Waals surface area contributed by atoms with Crippen LogP contribution in [-0.4, -0.2) is 52.4 Å². The highest BCUT2D eigenvalue weighted by molar-refractivity contribution is 5.80. The van der Waals surface area contributed by atoms with Gasteiger partial charge in [-0.25, -0.2) is 5.43 Å². The summed E-state index contributed by atoms with van der Waals surface area (Å²) in [6.07, 6.45) is 1.54. The second-order valence-corrected chi connectivity index (χ2v) is 7.54. The van der Waals surface area contributed by atoms with Crippen molar-refractivity contribution in [1.29, 1.82) is 0 Å². The molecule has 170 valence electrons. The van der Waals surface area contributed by atoms with Crippen LogP contribution in [0.1, 0.15) is 16.7 Å². The molecule has 2 N–H and O–H groups in total. The first-order valence-corrected chi connectivity index (χ1v) is 10.4. The molecule has 2 aromatic carbocycles. The second-order valence-electron chi connectivity index (χ2n) is 7.54. The van der Waals surface area contributed by atoms with E-state index in [9.17, 15) is 10.1 Å². The smallest absolute Gasteiger partial charge is 0.269 e. The Hall–Kier alpha value is -4.12. The fourth-order valence-electron chi connectivity index (χ4n) is 3.21. The van der Waals surface area contributed by atoms with E-state index < -0.39 is 4.92 Å². The average Bonchev–Trinajstić information content (AvgIpc) is 2.82. The van der Waals surface area contributed by atoms with Crippen LogP contribution in [0.2, 0.25) is 0 Å². The maximum atomic E-state index is 10.8. The highest BCUT2D eigenvalue weighted by Gasteiger charge is 2.17. The summed E-state index contributed by atoms with van der Waals surface area (Å²) in [6, 6.07) is 12.2. The van der Waals surface area contributed by atoms with Gasteiger partial charge in [0.25, 0.3) is 5.69 Å². The number of rotatable bonds is 7. The van der Waals surface area contributed by atoms with Gasteiger partial charge >= 0.3 is 0 Å². The number of ether oxygens (including phenoxy) is 1. The number of anilines is 4. The molecule has 3 aromatic rings. The van der Waals surface area contributed by atoms with Crippen LogP contribution in [0.3, 0.4) is 0 Å². The number of hydrazone groups is 1. The Morgan fingerprint density at radius 3 is 2.52 bits per heavy atom. The number of aryl methyl sites for hydroxylation is 2. The number of morpholine rings is 1. The van der Waals surface area contributed by atoms with Gasteiger partial charge in [0.15, 0.2) is 0 Å². The van der Waals surface area contributed by atoms with Crippen molar-refractivity contribution in [2.75, 3.05) is 41.9 Å². The molecule has 4 rings (SSSR count). The quantitative estimate of drug-likeness (QED) is 0.317. The first-order valence-electron chi connectivity index (χ1n) is 10.4. The molecule has 2 heterocycles. The van der Waals surface area contributed by atoms with E-state index in [2.05, 4.69) is 30.8 Å². The lowest BCUT2D eigenvalue weighted by Gasteiger charge is -2.27. The summed E-state index contributed by atoms with van der Waals surface area (Å²) in [4.78, 5) is 25.9. The molecule has 0 saturated carbocycles. The molecule has 1 saturated heterocycles. The number of benzene rings is 2. The van der Waals surface area contributed by atoms with Gasteiger partial charge < -0.3 is 15.0 Å². The van der Waals surface area contributed by atoms with Crippen LogP contribution in [0.15, 0.2) is 47.6 Å². The van der Waals surface area contributed by atoms with Gasteiger partial charge in [-0.1, -0.05) is 12.1 Å². The van der Waals surface area contributed by atoms with Crippen molar-refractivity contribution in [3.63, 3.8) is 0 Å². The summed E-state index contributed by atoms with van der Waals surface area (Å²) < 4.78 is 5.43. The molecule has 0 radical (unpaired) electrons. The molecule has 33 heavy (non-hydrogen) atoms. The van der Waals surface area contributed by atoms with Crippen molar-refractivity contribution >= 4 is 35.4 Å². The Labute approximate surface area is 190 Å². The first kappa shape index (κ1) is 22.1. The molecule has 1 aliphatic heterocycles. The Bertz CT molecular complexity index is 1160. The van der Waals surface area contributed by atoms with Crippen molar-refractivity contribution in [1.82, 2.24) is 15.0 Å². The molecule has 1 aromatic heterocycles. The Morgan fingerprint density at radius 1 is 1.06 bits per heavy atom. The van der Waals surface area contributed by atoms with E-state index in [1.165, 1.54) is 12.1 Å². The number of non-ortho nitro benzene ring substituents is 1. The van der Waals surface area contributed by atoms with E-state index in [-0.39, 0.29) is 11.6 Å². The number of nitro groups is 1. The molecular weight excluding hydrogens is 424 g/mol. The van der Waals surface area contributed by atoms with Gasteiger partial charge in [0.05, 0.1) is 24.4 Å². The lowest BCUT2D eigenvalue weighted by molar-refractivity contribution is -0.384. The highest BCUT2D eigenvalue weighted by atomic mass is 16.6. The predicted molar refractivity (Wildman–Crippen MR) is 126 cm³/mol. The maximum absolute atomic E-state index is 10.8. The summed E-state index contributed by atoms with van der Waals surface area (Å²) in [5, 5.41) is 18.3. The van der Waals surface area contributed by atoms with E-state index in [0.29, 0.717) is 43.8 Å². The van der Waals surface area contributed by atoms with Crippen LogP contribution in [-0.2, 0) is 4.74 Å². The van der Waals surface area contributed by atoms with Gasteiger partial charge in [0.1, 0.15) is 0 Å². The fraction of sp³-hybridized carbons (Fsp3) is 0.273. The van der Waals surface area contributed by atoms with Crippen molar-refractivity contribution in [2.45, 2.75) is 13.8 Å². The molecule has 1 aliphatic rings. The zero-order valence-corrected chi connectivity index (χ0v) is 18.4. The molecule has 0 aliphatic carbocycles. The molecule has 11 nitrogen and oxygen atoms in total. The average molecular weight is 448 g/mol. The third-order valence-corrected chi connectivity index (χ3v) is 5.04. The second kappa shape index (κ2) is 10.0. The van der Waals surface area contributed by atoms with E-state index in [1.807, 2.05) is 36.9 Å². The number of nitrogens with one attached hydrogen (secondary N) is 2. The SMILES string of the molecule is Cc1ccc(C)c(Nc2nc(N/N=C\c3ccc([N+](=O)[O-])cc3)nc(N3CCOCC3)n2)c1. The van der Waals surface area contributed by atoms with E-state index >= 15 is 0 Å². The number of hydrogen-bond donors (Lipinski definition) is 2. The Balaban J connectivity index is 1.57. The number of nitro benzene ring substituents is 1. The highest BCUT2D eigenvalue weighted by Crippen LogP contribution is 2.22. The van der Waals surface area contributed by atoms with E-state index in [4.69, 9.17) is 4.74 Å². The predicted octanol–water partition coefficient (Wildman–Crippen LogP) is 3.42. The summed E-state index contributed by atoms with van der Waals surface area (Å²) >= 11 is 0. The third-order valence-electron chi connectivity index (χ3n) is 5.04. The summed E-state index contributed by atoms with van der Waals surface area (Å²) in [5.41, 5.74) is 6.66. The monoisotopic (exact) mass is 448 g/mol. The first-order chi connectivity index (χ1) is 16.0. The molecule has 0 bridgehead atoms. The molecular formula is C22H24N8O3. The van der Waals surface area contributed by atoms with Gasteiger partial charge in [-0.15, -0.1) is 0 Å². The van der Waals surface area contributed by atoms with Crippen LogP contribution in [0.4, 0.5) is 29.2 Å². The molecule has 0 atom stereocenters. The van der Waals surface area contributed by atoms with Crippen molar-refractivity contribution < 1.29 is 9.66 Å². The fourth-order valence-corrected chi connectivity index (χ4v) is 3.21. The number of aromatic nitrogens is 3. The van der Waals surface area contributed by atoms with Crippen LogP contribution in [0.25, 0.3) is 0 Å². The van der Waals surface area contributed by atoms with Crippen LogP contribution in [0.5, 0.6) is 0 Å². The van der Waals surface area contributed by atoms with E-state index in [0.717, 1.165) is 16.8 Å². The molecule has 0 amide bonds. The lowest BCUT2D eigenvalue weighted by Crippen LogP contribution is -2.37. The lowest BCUT2D eigenvalue weighted by atomic mass is 10.1. The van der Waals surface area contributed by atoms with Gasteiger partial charge in [0, 0.05) is 30.9 Å². The van der Waals surface area contributed by atoms with Crippen molar-refractivity contribution in [3.05, 3.63) is 69.3 Å². The normalized spacial score (nSPS) is 13.8. The maximum Gasteiger partial charge on any atom is 0.269 e. The molecule has 11 heteroatoms. The minimum Gasteiger partial charge on any atom is -0.378 e. The van der Waals surface area contributed by atoms with Gasteiger partial charge in [-0.05, 0) is 48.7 Å². The zero-order valence-electron chi connectivity index (χ0n) is 18.4. The molecule has 0 unspecified atom stereocenters. The standard InChI is InChI=1S/C22H24N8O3/c1-15-3-4-16(2)19(13-15)24-20-25-21(27-22(26-20)29-9-11-33-12-10-29)28-23-14-17-5-7-18(8-6-17)30(31)32/h3-8,13-14H,9-12H2,1-2H3,(H2,24,25,26,27,28)/b23-14-. The van der Waals surface area contributed by atoms with E-state index in [1.54, 1.807) is 18.3 Å². The van der Waals surface area contributed by atoms with Crippen LogP contribution >= 0.6 is 0 Å².